The lowest BCUT2D eigenvalue weighted by Gasteiger charge is -2.21. The molecule has 0 radical (unpaired) electrons. The molecule has 0 aromatic heterocycles. The fraction of sp³-hybridized carbons (Fsp3) is 0.357. The third-order valence-electron chi connectivity index (χ3n) is 5.53. The molecule has 4 amide bonds. The Morgan fingerprint density at radius 2 is 1.42 bits per heavy atom. The molecule has 0 spiro atoms. The van der Waals surface area contributed by atoms with Crippen molar-refractivity contribution in [3.8, 4) is 0 Å². The molecule has 2 atom stereocenters. The van der Waals surface area contributed by atoms with Gasteiger partial charge in [0.2, 0.25) is 23.6 Å². The average Bonchev–Trinajstić information content (AvgIpc) is 2.84. The molecule has 0 fully saturated rings. The second kappa shape index (κ2) is 13.8. The number of carbonyl (C=O) groups is 4. The molecular weight excluding hydrogens is 456 g/mol. The predicted octanol–water partition coefficient (Wildman–Crippen LogP) is 2.43. The zero-order chi connectivity index (χ0) is 26.7. The van der Waals surface area contributed by atoms with E-state index in [9.17, 15) is 19.2 Å². The third-order valence-corrected chi connectivity index (χ3v) is 5.53. The van der Waals surface area contributed by atoms with Gasteiger partial charge in [0.25, 0.3) is 0 Å². The molecule has 192 valence electrons. The molecule has 4 N–H and O–H groups in total. The van der Waals surface area contributed by atoms with Crippen molar-refractivity contribution in [2.75, 3.05) is 7.05 Å². The second-order valence-electron chi connectivity index (χ2n) is 9.04. The van der Waals surface area contributed by atoms with Crippen molar-refractivity contribution in [1.82, 2.24) is 21.3 Å². The number of carbonyl (C=O) groups excluding carboxylic acids is 4. The fourth-order valence-corrected chi connectivity index (χ4v) is 3.62. The van der Waals surface area contributed by atoms with E-state index in [4.69, 9.17) is 0 Å². The average molecular weight is 493 g/mol. The van der Waals surface area contributed by atoms with Gasteiger partial charge in [0.1, 0.15) is 12.1 Å². The second-order valence-corrected chi connectivity index (χ2v) is 9.04. The maximum absolute atomic E-state index is 12.5. The van der Waals surface area contributed by atoms with Gasteiger partial charge in [-0.05, 0) is 41.2 Å². The van der Waals surface area contributed by atoms with Crippen LogP contribution in [0.1, 0.15) is 49.9 Å². The molecule has 0 unspecified atom stereocenters. The van der Waals surface area contributed by atoms with Gasteiger partial charge in [-0.15, -0.1) is 0 Å². The van der Waals surface area contributed by atoms with Gasteiger partial charge >= 0.3 is 0 Å². The lowest BCUT2D eigenvalue weighted by atomic mass is 10.0. The first-order valence-corrected chi connectivity index (χ1v) is 12.0. The van der Waals surface area contributed by atoms with Crippen molar-refractivity contribution in [2.45, 2.75) is 52.7 Å². The molecule has 36 heavy (non-hydrogen) atoms. The number of amides is 4. The number of rotatable bonds is 11. The van der Waals surface area contributed by atoms with Crippen LogP contribution in [0.4, 0.5) is 0 Å². The summed E-state index contributed by atoms with van der Waals surface area (Å²) < 4.78 is 0. The number of benzene rings is 2. The standard InChI is InChI=1S/C28H36N4O4/c1-18(2)26(32-20(4)33)28(36)30-17-24-11-7-9-22(15-24)13-12-21-8-6-10-23(14-21)16-25(34)31-19(3)27(35)29-5/h6-15,18-19,26H,16-17H2,1-5H3,(H,29,35)(H,30,36)(H,31,34)(H,32,33)/b13-12+/t19-,26-/m0/s1. The first-order valence-electron chi connectivity index (χ1n) is 12.0. The Bertz CT molecular complexity index is 1110. The zero-order valence-corrected chi connectivity index (χ0v) is 21.6. The molecule has 0 aliphatic heterocycles. The lowest BCUT2D eigenvalue weighted by molar-refractivity contribution is -0.129. The zero-order valence-electron chi connectivity index (χ0n) is 21.6. The van der Waals surface area contributed by atoms with Crippen molar-refractivity contribution in [2.24, 2.45) is 5.92 Å². The van der Waals surface area contributed by atoms with Crippen molar-refractivity contribution in [1.29, 1.82) is 0 Å². The molecule has 8 nitrogen and oxygen atoms in total. The summed E-state index contributed by atoms with van der Waals surface area (Å²) in [5.74, 6) is -0.940. The lowest BCUT2D eigenvalue weighted by Crippen LogP contribution is -2.48. The van der Waals surface area contributed by atoms with Crippen LogP contribution in [0.25, 0.3) is 12.2 Å². The van der Waals surface area contributed by atoms with Crippen LogP contribution < -0.4 is 21.3 Å². The normalized spacial score (nSPS) is 12.6. The minimum atomic E-state index is -0.593. The van der Waals surface area contributed by atoms with E-state index in [2.05, 4.69) is 21.3 Å². The topological polar surface area (TPSA) is 116 Å². The van der Waals surface area contributed by atoms with Gasteiger partial charge in [-0.2, -0.15) is 0 Å². The summed E-state index contributed by atoms with van der Waals surface area (Å²) in [5, 5.41) is 10.8. The fourth-order valence-electron chi connectivity index (χ4n) is 3.62. The van der Waals surface area contributed by atoms with Gasteiger partial charge < -0.3 is 21.3 Å². The number of nitrogens with one attached hydrogen (secondary N) is 4. The van der Waals surface area contributed by atoms with E-state index in [-0.39, 0.29) is 36.0 Å². The summed E-state index contributed by atoms with van der Waals surface area (Å²) in [6, 6.07) is 14.3. The van der Waals surface area contributed by atoms with Gasteiger partial charge in [0, 0.05) is 20.5 Å². The van der Waals surface area contributed by atoms with E-state index >= 15 is 0 Å². The molecule has 0 aliphatic carbocycles. The Morgan fingerprint density at radius 3 is 1.97 bits per heavy atom. The van der Waals surface area contributed by atoms with Crippen LogP contribution in [0.5, 0.6) is 0 Å². The van der Waals surface area contributed by atoms with Crippen LogP contribution in [0.15, 0.2) is 48.5 Å². The summed E-state index contributed by atoms with van der Waals surface area (Å²) in [7, 11) is 1.53. The first kappa shape index (κ1) is 28.3. The summed E-state index contributed by atoms with van der Waals surface area (Å²) in [5.41, 5.74) is 3.68. The van der Waals surface area contributed by atoms with E-state index in [0.29, 0.717) is 6.54 Å². The Balaban J connectivity index is 1.99. The molecule has 0 heterocycles. The largest absolute Gasteiger partial charge is 0.357 e. The Kier molecular flexibility index (Phi) is 10.9. The molecule has 2 rings (SSSR count). The first-order chi connectivity index (χ1) is 17.1. The highest BCUT2D eigenvalue weighted by molar-refractivity contribution is 5.88. The predicted molar refractivity (Wildman–Crippen MR) is 141 cm³/mol. The molecule has 0 saturated carbocycles. The van der Waals surface area contributed by atoms with Crippen LogP contribution in [0.3, 0.4) is 0 Å². The van der Waals surface area contributed by atoms with Crippen molar-refractivity contribution >= 4 is 35.8 Å². The number of likely N-dealkylation sites (N-methyl/N-ethyl adjacent to an activating group) is 1. The Morgan fingerprint density at radius 1 is 0.833 bits per heavy atom. The van der Waals surface area contributed by atoms with Crippen molar-refractivity contribution in [3.05, 3.63) is 70.8 Å². The monoisotopic (exact) mass is 492 g/mol. The summed E-state index contributed by atoms with van der Waals surface area (Å²) >= 11 is 0. The number of hydrogen-bond acceptors (Lipinski definition) is 4. The molecule has 0 bridgehead atoms. The smallest absolute Gasteiger partial charge is 0.243 e. The Hall–Kier alpha value is -3.94. The van der Waals surface area contributed by atoms with Crippen LogP contribution in [-0.2, 0) is 32.1 Å². The molecular formula is C28H36N4O4. The van der Waals surface area contributed by atoms with Gasteiger partial charge in [0.15, 0.2) is 0 Å². The highest BCUT2D eigenvalue weighted by atomic mass is 16.2. The molecule has 8 heteroatoms. The maximum atomic E-state index is 12.5. The molecule has 0 saturated heterocycles. The minimum Gasteiger partial charge on any atom is -0.357 e. The van der Waals surface area contributed by atoms with Gasteiger partial charge in [-0.25, -0.2) is 0 Å². The SMILES string of the molecule is CNC(=O)[C@H](C)NC(=O)Cc1cccc(/C=C/c2cccc(CNC(=O)[C@@H](NC(C)=O)C(C)C)c2)c1. The highest BCUT2D eigenvalue weighted by Gasteiger charge is 2.22. The number of hydrogen-bond donors (Lipinski definition) is 4. The van der Waals surface area contributed by atoms with Crippen LogP contribution in [-0.4, -0.2) is 42.8 Å². The van der Waals surface area contributed by atoms with E-state index in [1.807, 2.05) is 74.5 Å². The molecule has 2 aromatic rings. The van der Waals surface area contributed by atoms with E-state index in [1.54, 1.807) is 6.92 Å². The van der Waals surface area contributed by atoms with Gasteiger partial charge in [-0.1, -0.05) is 68.5 Å². The maximum Gasteiger partial charge on any atom is 0.243 e. The summed E-state index contributed by atoms with van der Waals surface area (Å²) in [4.78, 5) is 47.8. The quantitative estimate of drug-likeness (QED) is 0.361. The van der Waals surface area contributed by atoms with Crippen molar-refractivity contribution < 1.29 is 19.2 Å². The van der Waals surface area contributed by atoms with Crippen molar-refractivity contribution in [3.63, 3.8) is 0 Å². The van der Waals surface area contributed by atoms with E-state index in [1.165, 1.54) is 14.0 Å². The van der Waals surface area contributed by atoms with E-state index in [0.717, 1.165) is 22.3 Å². The summed E-state index contributed by atoms with van der Waals surface area (Å²) in [6.07, 6.45) is 4.10. The summed E-state index contributed by atoms with van der Waals surface area (Å²) in [6.45, 7) is 7.16. The molecule has 2 aromatic carbocycles. The van der Waals surface area contributed by atoms with Crippen LogP contribution >= 0.6 is 0 Å². The van der Waals surface area contributed by atoms with Crippen LogP contribution in [0, 0.1) is 5.92 Å². The highest BCUT2D eigenvalue weighted by Crippen LogP contribution is 2.13. The molecule has 0 aliphatic rings. The van der Waals surface area contributed by atoms with Gasteiger partial charge in [-0.3, -0.25) is 19.2 Å². The van der Waals surface area contributed by atoms with E-state index < -0.39 is 12.1 Å². The third kappa shape index (κ3) is 9.37. The van der Waals surface area contributed by atoms with Crippen LogP contribution in [0.2, 0.25) is 0 Å². The Labute approximate surface area is 212 Å². The minimum absolute atomic E-state index is 0.0238. The van der Waals surface area contributed by atoms with Gasteiger partial charge in [0.05, 0.1) is 6.42 Å².